The molecule has 2 aromatic heterocycles. The lowest BCUT2D eigenvalue weighted by Crippen LogP contribution is -2.39. The van der Waals surface area contributed by atoms with Gasteiger partial charge in [0, 0.05) is 37.0 Å². The number of fused-ring (bicyclic) bond motifs is 1. The van der Waals surface area contributed by atoms with Gasteiger partial charge in [0.25, 0.3) is 5.56 Å². The van der Waals surface area contributed by atoms with E-state index >= 15 is 0 Å². The van der Waals surface area contributed by atoms with Crippen molar-refractivity contribution in [3.05, 3.63) is 27.2 Å². The van der Waals surface area contributed by atoms with Crippen LogP contribution in [0.4, 0.5) is 0 Å². The van der Waals surface area contributed by atoms with E-state index in [9.17, 15) is 14.7 Å². The highest BCUT2D eigenvalue weighted by Gasteiger charge is 2.14. The predicted octanol–water partition coefficient (Wildman–Crippen LogP) is -0.0152. The van der Waals surface area contributed by atoms with Gasteiger partial charge in [-0.25, -0.2) is 9.78 Å². The summed E-state index contributed by atoms with van der Waals surface area (Å²) in [5.41, 5.74) is -3.46. The summed E-state index contributed by atoms with van der Waals surface area (Å²) in [4.78, 5) is 29.2. The highest BCUT2D eigenvalue weighted by atomic mass is 16.3. The molecule has 2 rings (SSSR count). The summed E-state index contributed by atoms with van der Waals surface area (Å²) in [5.74, 6) is 0. The van der Waals surface area contributed by atoms with Gasteiger partial charge in [-0.3, -0.25) is 13.9 Å². The lowest BCUT2D eigenvalue weighted by molar-refractivity contribution is 0.180. The average molecular weight is 292 g/mol. The number of aromatic nitrogens is 4. The van der Waals surface area contributed by atoms with Crippen LogP contribution >= 0.6 is 0 Å². The minimum atomic E-state index is -3.72. The first-order valence-electron chi connectivity index (χ1n) is 11.4. The molecule has 0 aliphatic rings. The van der Waals surface area contributed by atoms with E-state index in [1.165, 1.54) is 0 Å². The second kappa shape index (κ2) is 5.62. The Morgan fingerprint density at radius 3 is 3.00 bits per heavy atom. The second-order valence-corrected chi connectivity index (χ2v) is 3.87. The van der Waals surface area contributed by atoms with Crippen LogP contribution in [0.1, 0.15) is 42.4 Å². The Balaban J connectivity index is 2.71. The highest BCUT2D eigenvalue weighted by Crippen LogP contribution is 2.04. The van der Waals surface area contributed by atoms with Crippen LogP contribution in [0.15, 0.2) is 15.9 Å². The van der Waals surface area contributed by atoms with Crippen LogP contribution < -0.4 is 11.2 Å². The van der Waals surface area contributed by atoms with Crippen molar-refractivity contribution in [2.24, 2.45) is 14.0 Å². The first kappa shape index (κ1) is 5.48. The molecule has 0 amide bonds. The Hall–Kier alpha value is -1.89. The molecule has 110 valence electrons. The molecule has 1 N–H and O–H groups in total. The standard InChI is InChI=1S/C13H20N4O3/c1-9(18)6-4-5-7-17-12(19)10-11(14-8-15(10)2)16(3)13(17)20/h8-9,18H,4-7H2,1-3H3/i1D3,2D3,4D2,5D2,6D2. The van der Waals surface area contributed by atoms with Crippen LogP contribution in [0.2, 0.25) is 0 Å². The van der Waals surface area contributed by atoms with Crippen molar-refractivity contribution in [2.45, 2.75) is 38.6 Å². The molecule has 0 radical (unpaired) electrons. The number of rotatable bonds is 5. The lowest BCUT2D eigenvalue weighted by Gasteiger charge is -2.09. The van der Waals surface area contributed by atoms with Gasteiger partial charge in [-0.1, -0.05) is 0 Å². The fraction of sp³-hybridized carbons (Fsp3) is 0.615. The van der Waals surface area contributed by atoms with E-state index < -0.39 is 62.4 Å². The van der Waals surface area contributed by atoms with Gasteiger partial charge in [0.15, 0.2) is 11.2 Å². The average Bonchev–Trinajstić information content (AvgIpc) is 3.07. The maximum Gasteiger partial charge on any atom is 0.332 e. The van der Waals surface area contributed by atoms with Crippen LogP contribution in [0.3, 0.4) is 0 Å². The zero-order valence-electron chi connectivity index (χ0n) is 22.4. The van der Waals surface area contributed by atoms with E-state index in [2.05, 4.69) is 4.98 Å². The molecule has 0 saturated heterocycles. The van der Waals surface area contributed by atoms with Gasteiger partial charge in [-0.05, 0) is 26.0 Å². The summed E-state index contributed by atoms with van der Waals surface area (Å²) in [5, 5.41) is 9.82. The molecule has 0 aliphatic heterocycles. The third kappa shape index (κ3) is 2.53. The van der Waals surface area contributed by atoms with E-state index in [0.29, 0.717) is 4.57 Å². The molecule has 0 fully saturated rings. The van der Waals surface area contributed by atoms with Crippen molar-refractivity contribution in [3.63, 3.8) is 0 Å². The summed E-state index contributed by atoms with van der Waals surface area (Å²) >= 11 is 0. The van der Waals surface area contributed by atoms with Crippen molar-refractivity contribution in [3.8, 4) is 0 Å². The van der Waals surface area contributed by atoms with Crippen molar-refractivity contribution in [1.29, 1.82) is 0 Å². The molecule has 0 aromatic carbocycles. The molecule has 1 unspecified atom stereocenters. The second-order valence-electron chi connectivity index (χ2n) is 3.87. The number of hydrogen-bond donors (Lipinski definition) is 1. The van der Waals surface area contributed by atoms with E-state index in [0.717, 1.165) is 17.9 Å². The van der Waals surface area contributed by atoms with Crippen molar-refractivity contribution in [2.75, 3.05) is 0 Å². The molecule has 2 heterocycles. The molecule has 2 aromatic rings. The quantitative estimate of drug-likeness (QED) is 0.840. The van der Waals surface area contributed by atoms with Gasteiger partial charge in [0.05, 0.1) is 12.4 Å². The molecule has 0 saturated carbocycles. The highest BCUT2D eigenvalue weighted by molar-refractivity contribution is 5.69. The normalized spacial score (nSPS) is 25.3. The maximum absolute atomic E-state index is 12.9. The largest absolute Gasteiger partial charge is 0.393 e. The number of imidazole rings is 1. The van der Waals surface area contributed by atoms with Gasteiger partial charge in [0.2, 0.25) is 0 Å². The number of hydrogen-bond acceptors (Lipinski definition) is 4. The van der Waals surface area contributed by atoms with E-state index in [1.807, 2.05) is 0 Å². The number of aliphatic hydroxyl groups excluding tert-OH is 1. The van der Waals surface area contributed by atoms with Crippen molar-refractivity contribution >= 4 is 11.2 Å². The number of nitrogens with zero attached hydrogens (tertiary/aromatic N) is 4. The molecule has 0 aliphatic carbocycles. The molecule has 1 atom stereocenters. The molecule has 0 bridgehead atoms. The summed E-state index contributed by atoms with van der Waals surface area (Å²) in [6.07, 6.45) is -13.0. The van der Waals surface area contributed by atoms with Crippen LogP contribution in [-0.2, 0) is 20.6 Å². The van der Waals surface area contributed by atoms with Crippen LogP contribution in [-0.4, -0.2) is 29.9 Å². The summed E-state index contributed by atoms with van der Waals surface area (Å²) in [7, 11) is 1.11. The van der Waals surface area contributed by atoms with Gasteiger partial charge < -0.3 is 9.67 Å². The zero-order valence-corrected chi connectivity index (χ0v) is 10.4. The molecular weight excluding hydrogens is 260 g/mol. The fourth-order valence-electron chi connectivity index (χ4n) is 1.65. The smallest absolute Gasteiger partial charge is 0.332 e. The van der Waals surface area contributed by atoms with Gasteiger partial charge in [-0.2, -0.15) is 0 Å². The fourth-order valence-corrected chi connectivity index (χ4v) is 1.65. The molecular formula is C13H20N4O3. The van der Waals surface area contributed by atoms with Gasteiger partial charge >= 0.3 is 5.69 Å². The Kier molecular flexibility index (Phi) is 1.54. The van der Waals surface area contributed by atoms with E-state index in [-0.39, 0.29) is 10.2 Å². The third-order valence-electron chi connectivity index (χ3n) is 2.57. The maximum atomic E-state index is 12.9. The Labute approximate surface area is 133 Å². The van der Waals surface area contributed by atoms with Gasteiger partial charge in [0.1, 0.15) is 0 Å². The SMILES string of the molecule is [2H]C([2H])([2H])C(O)C([2H])([2H])C([2H])([2H])C([2H])([2H])Cn1c(=O)c2c(ncn2C([2H])([2H])[2H])n(C)c1=O. The van der Waals surface area contributed by atoms with Gasteiger partial charge in [-0.15, -0.1) is 0 Å². The first-order chi connectivity index (χ1) is 14.1. The van der Waals surface area contributed by atoms with E-state index in [1.54, 1.807) is 0 Å². The summed E-state index contributed by atoms with van der Waals surface area (Å²) in [6, 6.07) is 0. The third-order valence-corrected chi connectivity index (χ3v) is 2.57. The molecule has 0 spiro atoms. The number of aryl methyl sites for hydroxylation is 2. The van der Waals surface area contributed by atoms with Crippen LogP contribution in [0, 0.1) is 0 Å². The molecule has 7 nitrogen and oxygen atoms in total. The molecule has 7 heteroatoms. The van der Waals surface area contributed by atoms with E-state index in [4.69, 9.17) is 16.4 Å². The topological polar surface area (TPSA) is 82.1 Å². The minimum Gasteiger partial charge on any atom is -0.393 e. The lowest BCUT2D eigenvalue weighted by atomic mass is 10.2. The van der Waals surface area contributed by atoms with Crippen molar-refractivity contribution in [1.82, 2.24) is 18.7 Å². The van der Waals surface area contributed by atoms with Crippen LogP contribution in [0.25, 0.3) is 11.2 Å². The summed E-state index contributed by atoms with van der Waals surface area (Å²) < 4.78 is 92.7. The number of aliphatic hydroxyl groups is 1. The predicted molar refractivity (Wildman–Crippen MR) is 75.7 cm³/mol. The minimum absolute atomic E-state index is 0.169. The monoisotopic (exact) mass is 292 g/mol. The molecule has 20 heavy (non-hydrogen) atoms. The van der Waals surface area contributed by atoms with Crippen molar-refractivity contribution < 1.29 is 21.6 Å². The first-order valence-corrected chi connectivity index (χ1v) is 5.44. The Bertz CT molecular complexity index is 1140. The Morgan fingerprint density at radius 1 is 1.50 bits per heavy atom. The van der Waals surface area contributed by atoms with Crippen LogP contribution in [0.5, 0.6) is 0 Å². The summed E-state index contributed by atoms with van der Waals surface area (Å²) in [6.45, 7) is -7.70. The zero-order chi connectivity index (χ0) is 25.2. The Morgan fingerprint density at radius 2 is 2.30 bits per heavy atom.